The summed E-state index contributed by atoms with van der Waals surface area (Å²) in [7, 11) is 2.14. The summed E-state index contributed by atoms with van der Waals surface area (Å²) in [5.41, 5.74) is -0.624. The first kappa shape index (κ1) is 14.8. The number of nitrogens with zero attached hydrogens (tertiary/aromatic N) is 2. The summed E-state index contributed by atoms with van der Waals surface area (Å²) >= 11 is 0. The molecule has 6 heteroatoms. The number of rotatable bonds is 3. The Morgan fingerprint density at radius 1 is 1.24 bits per heavy atom. The van der Waals surface area contributed by atoms with E-state index in [4.69, 9.17) is 0 Å². The van der Waals surface area contributed by atoms with E-state index in [-0.39, 0.29) is 11.9 Å². The standard InChI is InChI=1S/C15H26N4O2/c1-18-10-3-2-4-12(18)5-11-19-13(20)15(17-14(19)21)6-8-16-9-7-15/h12,16H,2-11H2,1H3,(H,17,21). The molecule has 0 aromatic heterocycles. The number of urea groups is 1. The van der Waals surface area contributed by atoms with Gasteiger partial charge >= 0.3 is 6.03 Å². The number of piperidine rings is 2. The molecule has 21 heavy (non-hydrogen) atoms. The minimum atomic E-state index is -0.624. The third kappa shape index (κ3) is 2.79. The van der Waals surface area contributed by atoms with Gasteiger partial charge in [0.15, 0.2) is 0 Å². The lowest BCUT2D eigenvalue weighted by atomic mass is 9.88. The van der Waals surface area contributed by atoms with E-state index < -0.39 is 5.54 Å². The van der Waals surface area contributed by atoms with E-state index in [0.29, 0.717) is 25.4 Å². The second-order valence-corrected chi connectivity index (χ2v) is 6.64. The van der Waals surface area contributed by atoms with Gasteiger partial charge < -0.3 is 15.5 Å². The number of hydrogen-bond donors (Lipinski definition) is 2. The van der Waals surface area contributed by atoms with E-state index in [2.05, 4.69) is 22.6 Å². The Morgan fingerprint density at radius 3 is 2.71 bits per heavy atom. The maximum Gasteiger partial charge on any atom is 0.325 e. The van der Waals surface area contributed by atoms with Crippen LogP contribution in [0.25, 0.3) is 0 Å². The van der Waals surface area contributed by atoms with Crippen LogP contribution in [-0.4, -0.2) is 66.5 Å². The lowest BCUT2D eigenvalue weighted by Crippen LogP contribution is -2.54. The average molecular weight is 294 g/mol. The Kier molecular flexibility index (Phi) is 4.17. The normalized spacial score (nSPS) is 30.0. The second-order valence-electron chi connectivity index (χ2n) is 6.64. The predicted molar refractivity (Wildman–Crippen MR) is 80.0 cm³/mol. The summed E-state index contributed by atoms with van der Waals surface area (Å²) in [6.45, 7) is 3.27. The number of likely N-dealkylation sites (tertiary alicyclic amines) is 1. The molecule has 3 fully saturated rings. The topological polar surface area (TPSA) is 64.7 Å². The van der Waals surface area contributed by atoms with Gasteiger partial charge in [0.25, 0.3) is 5.91 Å². The van der Waals surface area contributed by atoms with Crippen molar-refractivity contribution in [3.05, 3.63) is 0 Å². The van der Waals surface area contributed by atoms with Crippen molar-refractivity contribution in [1.29, 1.82) is 0 Å². The van der Waals surface area contributed by atoms with Gasteiger partial charge in [0.1, 0.15) is 5.54 Å². The molecule has 0 aliphatic carbocycles. The van der Waals surface area contributed by atoms with Crippen LogP contribution in [0.1, 0.15) is 38.5 Å². The quantitative estimate of drug-likeness (QED) is 0.746. The monoisotopic (exact) mass is 294 g/mol. The number of carbonyl (C=O) groups excluding carboxylic acids is 2. The highest BCUT2D eigenvalue weighted by molar-refractivity contribution is 6.07. The first-order valence-electron chi connectivity index (χ1n) is 8.17. The summed E-state index contributed by atoms with van der Waals surface area (Å²) in [5, 5.41) is 6.20. The van der Waals surface area contributed by atoms with Gasteiger partial charge in [-0.1, -0.05) is 6.42 Å². The van der Waals surface area contributed by atoms with Crippen molar-refractivity contribution in [2.45, 2.75) is 50.1 Å². The third-order valence-corrected chi connectivity index (χ3v) is 5.31. The first-order valence-corrected chi connectivity index (χ1v) is 8.17. The van der Waals surface area contributed by atoms with Gasteiger partial charge in [0.05, 0.1) is 0 Å². The third-order valence-electron chi connectivity index (χ3n) is 5.31. The number of hydrogen-bond acceptors (Lipinski definition) is 4. The van der Waals surface area contributed by atoms with E-state index in [1.54, 1.807) is 0 Å². The van der Waals surface area contributed by atoms with E-state index in [0.717, 1.165) is 26.1 Å². The second kappa shape index (κ2) is 5.93. The molecule has 1 spiro atoms. The molecular weight excluding hydrogens is 268 g/mol. The van der Waals surface area contributed by atoms with E-state index in [9.17, 15) is 9.59 Å². The number of carbonyl (C=O) groups is 2. The highest BCUT2D eigenvalue weighted by Gasteiger charge is 2.51. The Morgan fingerprint density at radius 2 is 2.00 bits per heavy atom. The number of imide groups is 1. The molecule has 6 nitrogen and oxygen atoms in total. The Balaban J connectivity index is 1.60. The van der Waals surface area contributed by atoms with Gasteiger partial charge in [0, 0.05) is 12.6 Å². The zero-order valence-electron chi connectivity index (χ0n) is 12.9. The van der Waals surface area contributed by atoms with Crippen LogP contribution in [0.4, 0.5) is 4.79 Å². The summed E-state index contributed by atoms with van der Waals surface area (Å²) < 4.78 is 0. The molecule has 0 saturated carbocycles. The summed E-state index contributed by atoms with van der Waals surface area (Å²) in [6.07, 6.45) is 5.99. The molecule has 0 aromatic carbocycles. The van der Waals surface area contributed by atoms with Crippen LogP contribution in [0.5, 0.6) is 0 Å². The number of nitrogens with one attached hydrogen (secondary N) is 2. The van der Waals surface area contributed by atoms with Crippen molar-refractivity contribution >= 4 is 11.9 Å². The molecule has 3 aliphatic rings. The van der Waals surface area contributed by atoms with Gasteiger partial charge in [-0.25, -0.2) is 4.79 Å². The molecule has 1 unspecified atom stereocenters. The Labute approximate surface area is 126 Å². The zero-order valence-corrected chi connectivity index (χ0v) is 12.9. The lowest BCUT2D eigenvalue weighted by Gasteiger charge is -2.33. The Bertz CT molecular complexity index is 420. The Hall–Kier alpha value is -1.14. The van der Waals surface area contributed by atoms with Crippen LogP contribution in [0.2, 0.25) is 0 Å². The highest BCUT2D eigenvalue weighted by Crippen LogP contribution is 2.27. The van der Waals surface area contributed by atoms with Crippen molar-refractivity contribution in [3.8, 4) is 0 Å². The smallest absolute Gasteiger partial charge is 0.323 e. The maximum atomic E-state index is 12.6. The van der Waals surface area contributed by atoms with Crippen LogP contribution in [-0.2, 0) is 4.79 Å². The fourth-order valence-corrected chi connectivity index (χ4v) is 3.86. The zero-order chi connectivity index (χ0) is 14.9. The van der Waals surface area contributed by atoms with E-state index in [1.807, 2.05) is 0 Å². The van der Waals surface area contributed by atoms with Gasteiger partial charge in [-0.2, -0.15) is 0 Å². The van der Waals surface area contributed by atoms with Gasteiger partial charge in [-0.15, -0.1) is 0 Å². The first-order chi connectivity index (χ1) is 10.1. The molecule has 118 valence electrons. The molecule has 3 saturated heterocycles. The fourth-order valence-electron chi connectivity index (χ4n) is 3.86. The number of amides is 3. The molecule has 3 rings (SSSR count). The van der Waals surface area contributed by atoms with E-state index >= 15 is 0 Å². The largest absolute Gasteiger partial charge is 0.325 e. The van der Waals surface area contributed by atoms with Crippen molar-refractivity contribution in [2.24, 2.45) is 0 Å². The molecule has 2 N–H and O–H groups in total. The summed E-state index contributed by atoms with van der Waals surface area (Å²) in [4.78, 5) is 28.6. The van der Waals surface area contributed by atoms with Crippen molar-refractivity contribution < 1.29 is 9.59 Å². The average Bonchev–Trinajstić information content (AvgIpc) is 2.70. The van der Waals surface area contributed by atoms with Crippen molar-refractivity contribution in [1.82, 2.24) is 20.4 Å². The summed E-state index contributed by atoms with van der Waals surface area (Å²) in [5.74, 6) is -0.00698. The van der Waals surface area contributed by atoms with Crippen molar-refractivity contribution in [3.63, 3.8) is 0 Å². The molecule has 1 atom stereocenters. The van der Waals surface area contributed by atoms with Crippen LogP contribution in [0.3, 0.4) is 0 Å². The highest BCUT2D eigenvalue weighted by atomic mass is 16.2. The van der Waals surface area contributed by atoms with Crippen molar-refractivity contribution in [2.75, 3.05) is 33.2 Å². The van der Waals surface area contributed by atoms with Crippen LogP contribution in [0.15, 0.2) is 0 Å². The maximum absolute atomic E-state index is 12.6. The minimum absolute atomic E-state index is 0.00698. The van der Waals surface area contributed by atoms with Gasteiger partial charge in [0.2, 0.25) is 0 Å². The molecule has 0 radical (unpaired) electrons. The van der Waals surface area contributed by atoms with Gasteiger partial charge in [-0.3, -0.25) is 9.69 Å². The molecule has 0 aromatic rings. The van der Waals surface area contributed by atoms with Crippen LogP contribution in [0, 0.1) is 0 Å². The molecule has 3 aliphatic heterocycles. The van der Waals surface area contributed by atoms with E-state index in [1.165, 1.54) is 24.2 Å². The van der Waals surface area contributed by atoms with Crippen LogP contribution >= 0.6 is 0 Å². The molecular formula is C15H26N4O2. The molecule has 3 heterocycles. The lowest BCUT2D eigenvalue weighted by molar-refractivity contribution is -0.132. The van der Waals surface area contributed by atoms with Crippen LogP contribution < -0.4 is 10.6 Å². The van der Waals surface area contributed by atoms with Gasteiger partial charge in [-0.05, 0) is 58.8 Å². The molecule has 0 bridgehead atoms. The SMILES string of the molecule is CN1CCCCC1CCN1C(=O)NC2(CCNCC2)C1=O. The predicted octanol–water partition coefficient (Wildman–Crippen LogP) is 0.535. The fraction of sp³-hybridized carbons (Fsp3) is 0.867. The minimum Gasteiger partial charge on any atom is -0.323 e. The molecule has 3 amide bonds. The summed E-state index contributed by atoms with van der Waals surface area (Å²) in [6, 6.07) is 0.310.